The highest BCUT2D eigenvalue weighted by molar-refractivity contribution is 4.56. The van der Waals surface area contributed by atoms with Gasteiger partial charge in [0.2, 0.25) is 0 Å². The zero-order valence-corrected chi connectivity index (χ0v) is 4.89. The van der Waals surface area contributed by atoms with E-state index in [1.165, 1.54) is 0 Å². The van der Waals surface area contributed by atoms with Crippen molar-refractivity contribution in [2.45, 2.75) is 32.4 Å². The minimum absolute atomic E-state index is 0.125. The molecule has 0 heterocycles. The summed E-state index contributed by atoms with van der Waals surface area (Å²) in [5, 5.41) is 8.64. The van der Waals surface area contributed by atoms with Crippen LogP contribution in [0.4, 0.5) is 0 Å². The van der Waals surface area contributed by atoms with Crippen LogP contribution in [0.5, 0.6) is 0 Å². The number of hydrogen-bond acceptors (Lipinski definition) is 2. The summed E-state index contributed by atoms with van der Waals surface area (Å²) in [6, 6.07) is 0.125. The van der Waals surface area contributed by atoms with Crippen LogP contribution in [0, 0.1) is 0 Å². The molecule has 0 bridgehead atoms. The summed E-state index contributed by atoms with van der Waals surface area (Å²) in [6.07, 6.45) is 0.444. The van der Waals surface area contributed by atoms with E-state index in [-0.39, 0.29) is 12.1 Å². The first kappa shape index (κ1) is 6.92. The normalized spacial score (nSPS) is 18.9. The summed E-state index contributed by atoms with van der Waals surface area (Å²) < 4.78 is 0. The summed E-state index contributed by atoms with van der Waals surface area (Å²) >= 11 is 0. The topological polar surface area (TPSA) is 46.2 Å². The molecule has 0 aliphatic rings. The summed E-state index contributed by atoms with van der Waals surface area (Å²) in [6.45, 7) is 3.62. The molecule has 0 radical (unpaired) electrons. The van der Waals surface area contributed by atoms with Crippen molar-refractivity contribution in [2.75, 3.05) is 0 Å². The molecule has 0 rings (SSSR count). The molecule has 0 aromatic heterocycles. The molecule has 2 atom stereocenters. The zero-order valence-electron chi connectivity index (χ0n) is 4.89. The van der Waals surface area contributed by atoms with Gasteiger partial charge in [0.1, 0.15) is 0 Å². The summed E-state index contributed by atoms with van der Waals surface area (Å²) in [5.41, 5.74) is 5.33. The lowest BCUT2D eigenvalue weighted by molar-refractivity contribution is 0.177. The Labute approximate surface area is 44.3 Å². The maximum absolute atomic E-state index is 8.64. The molecule has 7 heavy (non-hydrogen) atoms. The molecule has 0 amide bonds. The maximum Gasteiger partial charge on any atom is 0.0526 e. The Morgan fingerprint density at radius 3 is 2.00 bits per heavy atom. The molecule has 0 aliphatic heterocycles. The SMILES string of the molecule is C[C@@H](N)C[C@@H](C)O. The largest absolute Gasteiger partial charge is 0.393 e. The van der Waals surface area contributed by atoms with E-state index in [1.807, 2.05) is 6.92 Å². The van der Waals surface area contributed by atoms with Crippen molar-refractivity contribution in [3.05, 3.63) is 0 Å². The highest BCUT2D eigenvalue weighted by Gasteiger charge is 1.97. The third-order valence-electron chi connectivity index (χ3n) is 0.713. The predicted molar refractivity (Wildman–Crippen MR) is 29.9 cm³/mol. The van der Waals surface area contributed by atoms with Gasteiger partial charge in [0.05, 0.1) is 6.10 Å². The van der Waals surface area contributed by atoms with Crippen LogP contribution in [0.25, 0.3) is 0 Å². The van der Waals surface area contributed by atoms with Crippen LogP contribution in [0.3, 0.4) is 0 Å². The molecule has 2 nitrogen and oxygen atoms in total. The van der Waals surface area contributed by atoms with E-state index in [2.05, 4.69) is 0 Å². The predicted octanol–water partition coefficient (Wildman–Crippen LogP) is 0.105. The lowest BCUT2D eigenvalue weighted by atomic mass is 10.2. The van der Waals surface area contributed by atoms with E-state index < -0.39 is 0 Å². The minimum Gasteiger partial charge on any atom is -0.393 e. The third-order valence-corrected chi connectivity index (χ3v) is 0.713. The fraction of sp³-hybridized carbons (Fsp3) is 1.00. The van der Waals surface area contributed by atoms with Gasteiger partial charge in [-0.1, -0.05) is 0 Å². The summed E-state index contributed by atoms with van der Waals surface area (Å²) in [5.74, 6) is 0. The Hall–Kier alpha value is -0.0800. The number of rotatable bonds is 2. The molecule has 0 aromatic carbocycles. The average molecular weight is 103 g/mol. The number of aliphatic hydroxyl groups is 1. The Morgan fingerprint density at radius 2 is 2.00 bits per heavy atom. The Kier molecular flexibility index (Phi) is 2.96. The second-order valence-electron chi connectivity index (χ2n) is 2.06. The lowest BCUT2D eigenvalue weighted by Gasteiger charge is -2.05. The van der Waals surface area contributed by atoms with Crippen LogP contribution in [0.15, 0.2) is 0 Å². The molecular weight excluding hydrogens is 90.1 g/mol. The van der Waals surface area contributed by atoms with Crippen LogP contribution >= 0.6 is 0 Å². The van der Waals surface area contributed by atoms with E-state index in [4.69, 9.17) is 10.8 Å². The highest BCUT2D eigenvalue weighted by Crippen LogP contribution is 1.91. The average Bonchev–Trinajstić information content (AvgIpc) is 1.27. The minimum atomic E-state index is -0.250. The van der Waals surface area contributed by atoms with Crippen molar-refractivity contribution in [1.29, 1.82) is 0 Å². The fourth-order valence-electron chi connectivity index (χ4n) is 0.538. The van der Waals surface area contributed by atoms with E-state index >= 15 is 0 Å². The lowest BCUT2D eigenvalue weighted by Crippen LogP contribution is -2.20. The van der Waals surface area contributed by atoms with Crippen molar-refractivity contribution in [2.24, 2.45) is 5.73 Å². The molecule has 0 unspecified atom stereocenters. The van der Waals surface area contributed by atoms with Crippen molar-refractivity contribution < 1.29 is 5.11 Å². The highest BCUT2D eigenvalue weighted by atomic mass is 16.3. The van der Waals surface area contributed by atoms with Crippen LogP contribution in [-0.4, -0.2) is 17.3 Å². The first-order chi connectivity index (χ1) is 3.13. The van der Waals surface area contributed by atoms with Crippen molar-refractivity contribution >= 4 is 0 Å². The van der Waals surface area contributed by atoms with Crippen LogP contribution in [0.2, 0.25) is 0 Å². The van der Waals surface area contributed by atoms with Crippen molar-refractivity contribution in [3.63, 3.8) is 0 Å². The van der Waals surface area contributed by atoms with Crippen molar-refractivity contribution in [1.82, 2.24) is 0 Å². The van der Waals surface area contributed by atoms with E-state index in [9.17, 15) is 0 Å². The van der Waals surface area contributed by atoms with Gasteiger partial charge in [0.15, 0.2) is 0 Å². The second-order valence-corrected chi connectivity index (χ2v) is 2.06. The number of nitrogens with two attached hydrogens (primary N) is 1. The van der Waals surface area contributed by atoms with E-state index in [0.717, 1.165) is 0 Å². The molecule has 0 aliphatic carbocycles. The van der Waals surface area contributed by atoms with E-state index in [1.54, 1.807) is 6.92 Å². The van der Waals surface area contributed by atoms with Gasteiger partial charge in [-0.05, 0) is 20.3 Å². The maximum atomic E-state index is 8.64. The molecule has 0 saturated heterocycles. The molecule has 0 fully saturated rings. The molecule has 0 spiro atoms. The van der Waals surface area contributed by atoms with Crippen LogP contribution < -0.4 is 5.73 Å². The first-order valence-corrected chi connectivity index (χ1v) is 2.56. The molecule has 3 N–H and O–H groups in total. The van der Waals surface area contributed by atoms with Gasteiger partial charge in [-0.15, -0.1) is 0 Å². The zero-order chi connectivity index (χ0) is 5.86. The first-order valence-electron chi connectivity index (χ1n) is 2.56. The Morgan fingerprint density at radius 1 is 1.57 bits per heavy atom. The van der Waals surface area contributed by atoms with Crippen molar-refractivity contribution in [3.8, 4) is 0 Å². The molecular formula is C5H13NO. The molecule has 44 valence electrons. The number of aliphatic hydroxyl groups excluding tert-OH is 1. The third kappa shape index (κ3) is 5.92. The summed E-state index contributed by atoms with van der Waals surface area (Å²) in [7, 11) is 0. The Bertz CT molecular complexity index is 37.3. The smallest absolute Gasteiger partial charge is 0.0526 e. The number of hydrogen-bond donors (Lipinski definition) is 2. The van der Waals surface area contributed by atoms with Gasteiger partial charge < -0.3 is 10.8 Å². The standard InChI is InChI=1S/C5H13NO/c1-4(6)3-5(2)7/h4-5,7H,3,6H2,1-2H3/t4-,5-/m1/s1. The fourth-order valence-corrected chi connectivity index (χ4v) is 0.538. The van der Waals surface area contributed by atoms with E-state index in [0.29, 0.717) is 6.42 Å². The summed E-state index contributed by atoms with van der Waals surface area (Å²) in [4.78, 5) is 0. The van der Waals surface area contributed by atoms with Gasteiger partial charge in [-0.3, -0.25) is 0 Å². The molecule has 2 heteroatoms. The van der Waals surface area contributed by atoms with Gasteiger partial charge in [-0.25, -0.2) is 0 Å². The van der Waals surface area contributed by atoms with Gasteiger partial charge in [0.25, 0.3) is 0 Å². The monoisotopic (exact) mass is 103 g/mol. The van der Waals surface area contributed by atoms with Gasteiger partial charge in [0, 0.05) is 6.04 Å². The molecule has 0 saturated carbocycles. The van der Waals surface area contributed by atoms with Gasteiger partial charge >= 0.3 is 0 Å². The van der Waals surface area contributed by atoms with Crippen LogP contribution in [0.1, 0.15) is 20.3 Å². The van der Waals surface area contributed by atoms with Gasteiger partial charge in [-0.2, -0.15) is 0 Å². The molecule has 0 aromatic rings. The van der Waals surface area contributed by atoms with Crippen LogP contribution in [-0.2, 0) is 0 Å². The quantitative estimate of drug-likeness (QED) is 0.521. The Balaban J connectivity index is 2.95. The second kappa shape index (κ2) is 2.99.